The Morgan fingerprint density at radius 1 is 1.25 bits per heavy atom. The maximum Gasteiger partial charge on any atom is 0.274 e. The van der Waals surface area contributed by atoms with Crippen LogP contribution in [0.25, 0.3) is 10.9 Å². The molecule has 1 aliphatic heterocycles. The number of fused-ring (bicyclic) bond motifs is 1. The van der Waals surface area contributed by atoms with E-state index in [0.29, 0.717) is 28.8 Å². The van der Waals surface area contributed by atoms with Gasteiger partial charge in [-0.3, -0.25) is 23.2 Å². The number of aromatic hydroxyl groups is 1. The summed E-state index contributed by atoms with van der Waals surface area (Å²) in [7, 11) is -3.10. The van der Waals surface area contributed by atoms with Crippen LogP contribution in [0.3, 0.4) is 0 Å². The number of aromatic nitrogens is 2. The predicted molar refractivity (Wildman–Crippen MR) is 125 cm³/mol. The van der Waals surface area contributed by atoms with Gasteiger partial charge < -0.3 is 15.0 Å². The van der Waals surface area contributed by atoms with Gasteiger partial charge in [0.1, 0.15) is 11.8 Å². The van der Waals surface area contributed by atoms with E-state index < -0.39 is 27.9 Å². The molecule has 9 nitrogen and oxygen atoms in total. The largest absolute Gasteiger partial charge is 0.612 e. The van der Waals surface area contributed by atoms with Crippen molar-refractivity contribution in [1.29, 1.82) is 0 Å². The van der Waals surface area contributed by atoms with Crippen molar-refractivity contribution in [1.82, 2.24) is 15.3 Å². The lowest BCUT2D eigenvalue weighted by Gasteiger charge is -2.47. The van der Waals surface area contributed by atoms with Gasteiger partial charge in [-0.2, -0.15) is 0 Å². The van der Waals surface area contributed by atoms with Gasteiger partial charge in [-0.15, -0.1) is 10.8 Å². The van der Waals surface area contributed by atoms with Crippen LogP contribution in [0.5, 0.6) is 5.75 Å². The molecule has 0 radical (unpaired) electrons. The summed E-state index contributed by atoms with van der Waals surface area (Å²) < 4.78 is 34.5. The third-order valence-electron chi connectivity index (χ3n) is 5.27. The summed E-state index contributed by atoms with van der Waals surface area (Å²) in [4.78, 5) is 22.1. The minimum atomic E-state index is -3.10. The number of rotatable bonds is 5. The van der Waals surface area contributed by atoms with Crippen LogP contribution in [0.4, 0.5) is 5.82 Å². The van der Waals surface area contributed by atoms with Crippen LogP contribution < -0.4 is 9.62 Å². The molecule has 3 aromatic rings. The van der Waals surface area contributed by atoms with E-state index in [9.17, 15) is 23.6 Å². The SMILES string of the molecule is C[S+]([O-])c1ccccc1CNC(=O)c1nc(N2CCCCS2(O)O)c2cccnc2c1O. The van der Waals surface area contributed by atoms with Gasteiger partial charge in [0, 0.05) is 30.2 Å². The zero-order valence-electron chi connectivity index (χ0n) is 17.4. The van der Waals surface area contributed by atoms with Gasteiger partial charge in [-0.25, -0.2) is 4.98 Å². The van der Waals surface area contributed by atoms with Crippen LogP contribution in [0.15, 0.2) is 47.5 Å². The van der Waals surface area contributed by atoms with E-state index in [1.165, 1.54) is 10.5 Å². The second kappa shape index (κ2) is 9.12. The van der Waals surface area contributed by atoms with Crippen LogP contribution in [-0.2, 0) is 17.7 Å². The average molecular weight is 477 g/mol. The lowest BCUT2D eigenvalue weighted by Crippen LogP contribution is -2.35. The van der Waals surface area contributed by atoms with Crippen molar-refractivity contribution in [2.75, 3.05) is 22.9 Å². The van der Waals surface area contributed by atoms with Gasteiger partial charge >= 0.3 is 0 Å². The van der Waals surface area contributed by atoms with E-state index in [4.69, 9.17) is 0 Å². The molecule has 1 amide bonds. The molecular formula is C21H24N4O5S2. The maximum atomic E-state index is 13.0. The quantitative estimate of drug-likeness (QED) is 0.411. The number of carbonyl (C=O) groups excluding carboxylic acids is 1. The Bertz CT molecular complexity index is 1160. The smallest absolute Gasteiger partial charge is 0.274 e. The third-order valence-corrected chi connectivity index (χ3v) is 8.19. The van der Waals surface area contributed by atoms with E-state index >= 15 is 0 Å². The third kappa shape index (κ3) is 4.34. The van der Waals surface area contributed by atoms with Gasteiger partial charge in [-0.1, -0.05) is 18.2 Å². The Kier molecular flexibility index (Phi) is 6.45. The van der Waals surface area contributed by atoms with Crippen molar-refractivity contribution < 1.29 is 23.6 Å². The molecule has 1 aromatic carbocycles. The monoisotopic (exact) mass is 476 g/mol. The number of benzene rings is 1. The van der Waals surface area contributed by atoms with Crippen molar-refractivity contribution in [3.8, 4) is 5.75 Å². The fourth-order valence-corrected chi connectivity index (χ4v) is 6.12. The Morgan fingerprint density at radius 3 is 2.78 bits per heavy atom. The second-order valence-corrected chi connectivity index (χ2v) is 10.9. The Labute approximate surface area is 190 Å². The molecule has 32 heavy (non-hydrogen) atoms. The normalized spacial score (nSPS) is 17.7. The topological polar surface area (TPSA) is 142 Å². The summed E-state index contributed by atoms with van der Waals surface area (Å²) in [5, 5.41) is 13.9. The molecule has 1 unspecified atom stereocenters. The Hall–Kier alpha value is -2.57. The molecule has 1 saturated heterocycles. The Balaban J connectivity index is 1.71. The highest BCUT2D eigenvalue weighted by Crippen LogP contribution is 2.51. The summed E-state index contributed by atoms with van der Waals surface area (Å²) in [5.74, 6) is -0.626. The summed E-state index contributed by atoms with van der Waals surface area (Å²) in [6, 6.07) is 10.4. The fraction of sp³-hybridized carbons (Fsp3) is 0.286. The second-order valence-electron chi connectivity index (χ2n) is 7.42. The summed E-state index contributed by atoms with van der Waals surface area (Å²) in [6.07, 6.45) is 4.46. The van der Waals surface area contributed by atoms with Gasteiger partial charge in [0.05, 0.1) is 5.75 Å². The number of anilines is 1. The van der Waals surface area contributed by atoms with Gasteiger partial charge in [0.15, 0.2) is 22.2 Å². The lowest BCUT2D eigenvalue weighted by molar-refractivity contribution is 0.0943. The average Bonchev–Trinajstić information content (AvgIpc) is 2.78. The number of hydrogen-bond acceptors (Lipinski definition) is 8. The zero-order valence-corrected chi connectivity index (χ0v) is 19.0. The first-order chi connectivity index (χ1) is 15.3. The number of nitrogens with zero attached hydrogens (tertiary/aromatic N) is 3. The Morgan fingerprint density at radius 2 is 2.03 bits per heavy atom. The van der Waals surface area contributed by atoms with E-state index in [2.05, 4.69) is 15.3 Å². The molecule has 11 heteroatoms. The van der Waals surface area contributed by atoms with Crippen LogP contribution in [0.2, 0.25) is 0 Å². The zero-order chi connectivity index (χ0) is 22.9. The van der Waals surface area contributed by atoms with Gasteiger partial charge in [0.25, 0.3) is 5.91 Å². The molecule has 4 N–H and O–H groups in total. The van der Waals surface area contributed by atoms with E-state index in [1.807, 2.05) is 0 Å². The van der Waals surface area contributed by atoms with Crippen molar-refractivity contribution in [2.24, 2.45) is 0 Å². The van der Waals surface area contributed by atoms with Crippen LogP contribution in [-0.4, -0.2) is 53.2 Å². The molecule has 1 aliphatic rings. The minimum Gasteiger partial charge on any atom is -0.612 e. The van der Waals surface area contributed by atoms with Crippen LogP contribution >= 0.6 is 10.8 Å². The summed E-state index contributed by atoms with van der Waals surface area (Å²) in [6.45, 7) is 0.449. The minimum absolute atomic E-state index is 0.0875. The molecule has 1 atom stereocenters. The molecule has 0 spiro atoms. The van der Waals surface area contributed by atoms with E-state index in [1.54, 1.807) is 42.7 Å². The fourth-order valence-electron chi connectivity index (χ4n) is 3.70. The standard InChI is InChI=1S/C21H24N4O5S2/c1-31(28)16-9-3-2-7-14(16)13-23-21(27)18-19(26)17-15(8-6-10-22-17)20(24-18)25-11-4-5-12-32(25,29)30/h2-3,6-10,26,29-30H,4-5,11-13H2,1H3,(H,23,27). The summed E-state index contributed by atoms with van der Waals surface area (Å²) in [5.41, 5.74) is 0.575. The van der Waals surface area contributed by atoms with Crippen molar-refractivity contribution in [3.63, 3.8) is 0 Å². The first-order valence-electron chi connectivity index (χ1n) is 10.0. The molecule has 2 aromatic heterocycles. The van der Waals surface area contributed by atoms with Crippen molar-refractivity contribution in [2.45, 2.75) is 24.3 Å². The van der Waals surface area contributed by atoms with Gasteiger partial charge in [0.2, 0.25) is 0 Å². The molecule has 3 heterocycles. The van der Waals surface area contributed by atoms with Gasteiger partial charge in [-0.05, 0) is 42.2 Å². The number of carbonyl (C=O) groups is 1. The highest BCUT2D eigenvalue weighted by molar-refractivity contribution is 8.25. The van der Waals surface area contributed by atoms with E-state index in [0.717, 1.165) is 6.42 Å². The molecule has 170 valence electrons. The van der Waals surface area contributed by atoms with E-state index in [-0.39, 0.29) is 35.1 Å². The number of hydrogen-bond donors (Lipinski definition) is 4. The highest BCUT2D eigenvalue weighted by atomic mass is 32.3. The lowest BCUT2D eigenvalue weighted by atomic mass is 10.1. The number of nitrogens with one attached hydrogen (secondary N) is 1. The number of pyridine rings is 2. The van der Waals surface area contributed by atoms with Crippen molar-refractivity contribution >= 4 is 44.6 Å². The number of amides is 1. The molecule has 0 bridgehead atoms. The van der Waals surface area contributed by atoms with Crippen LogP contribution in [0, 0.1) is 0 Å². The molecule has 0 aliphatic carbocycles. The van der Waals surface area contributed by atoms with Crippen LogP contribution in [0.1, 0.15) is 28.9 Å². The van der Waals surface area contributed by atoms with Crippen molar-refractivity contribution in [3.05, 3.63) is 53.9 Å². The molecule has 4 rings (SSSR count). The maximum absolute atomic E-state index is 13.0. The molecule has 1 fully saturated rings. The summed E-state index contributed by atoms with van der Waals surface area (Å²) >= 11 is -1.22. The highest BCUT2D eigenvalue weighted by Gasteiger charge is 2.31. The molecule has 0 saturated carbocycles. The molecular weight excluding hydrogens is 452 g/mol. The predicted octanol–water partition coefficient (Wildman–Crippen LogP) is 3.27. The first-order valence-corrected chi connectivity index (χ1v) is 13.2. The first kappa shape index (κ1) is 22.6.